The van der Waals surface area contributed by atoms with E-state index in [0.717, 1.165) is 12.1 Å². The number of carbonyl (C=O) groups excluding carboxylic acids is 1. The van der Waals surface area contributed by atoms with Gasteiger partial charge >= 0.3 is 0 Å². The highest BCUT2D eigenvalue weighted by Crippen LogP contribution is 2.18. The number of aromatic nitrogens is 4. The van der Waals surface area contributed by atoms with E-state index in [1.165, 1.54) is 11.8 Å². The van der Waals surface area contributed by atoms with Crippen LogP contribution >= 0.6 is 11.8 Å². The van der Waals surface area contributed by atoms with Crippen LogP contribution in [-0.4, -0.2) is 37.4 Å². The Balaban J connectivity index is 1.99. The van der Waals surface area contributed by atoms with Gasteiger partial charge in [0.05, 0.1) is 11.4 Å². The Hall–Kier alpha value is -1.89. The summed E-state index contributed by atoms with van der Waals surface area (Å²) in [5, 5.41) is 15.2. The number of nitrogens with zero attached hydrogens (tertiary/aromatic N) is 4. The average Bonchev–Trinajstić information content (AvgIpc) is 2.94. The second-order valence-electron chi connectivity index (χ2n) is 5.28. The summed E-state index contributed by atoms with van der Waals surface area (Å²) in [4.78, 5) is 12.0. The van der Waals surface area contributed by atoms with Crippen molar-refractivity contribution in [2.45, 2.75) is 37.9 Å². The molecule has 2 aromatic rings. The van der Waals surface area contributed by atoms with Crippen molar-refractivity contribution in [3.8, 4) is 5.69 Å². The van der Waals surface area contributed by atoms with Gasteiger partial charge in [-0.15, -0.1) is 5.10 Å². The normalized spacial score (nSPS) is 11.4. The Morgan fingerprint density at radius 2 is 2.05 bits per heavy atom. The summed E-state index contributed by atoms with van der Waals surface area (Å²) >= 11 is 1.32. The number of amides is 1. The highest BCUT2D eigenvalue weighted by molar-refractivity contribution is 7.99. The summed E-state index contributed by atoms with van der Waals surface area (Å²) in [7, 11) is 0. The Morgan fingerprint density at radius 3 is 2.71 bits per heavy atom. The number of benzene rings is 1. The maximum Gasteiger partial charge on any atom is 0.230 e. The predicted octanol–water partition coefficient (Wildman–Crippen LogP) is 2.06. The molecule has 0 aliphatic carbocycles. The van der Waals surface area contributed by atoms with Crippen molar-refractivity contribution < 1.29 is 4.79 Å². The second-order valence-corrected chi connectivity index (χ2v) is 6.23. The van der Waals surface area contributed by atoms with Crippen molar-refractivity contribution in [3.63, 3.8) is 0 Å². The molecule has 0 fully saturated rings. The standard InChI is InChI=1S/C14H19N5OS/c1-4-14(2,3)15-12(20)10-21-13-16-17-18-19(13)11-8-6-5-7-9-11/h5-9H,4,10H2,1-3H3,(H,15,20). The molecule has 0 aliphatic heterocycles. The van der Waals surface area contributed by atoms with Crippen LogP contribution in [0.2, 0.25) is 0 Å². The van der Waals surface area contributed by atoms with E-state index in [1.807, 2.05) is 51.1 Å². The lowest BCUT2D eigenvalue weighted by Gasteiger charge is -2.24. The lowest BCUT2D eigenvalue weighted by atomic mass is 10.0. The highest BCUT2D eigenvalue weighted by atomic mass is 32.2. The van der Waals surface area contributed by atoms with Gasteiger partial charge in [0.2, 0.25) is 11.1 Å². The van der Waals surface area contributed by atoms with E-state index in [0.29, 0.717) is 5.16 Å². The molecule has 2 rings (SSSR count). The molecule has 1 heterocycles. The molecule has 0 spiro atoms. The smallest absolute Gasteiger partial charge is 0.230 e. The molecule has 6 nitrogen and oxygen atoms in total. The number of hydrogen-bond donors (Lipinski definition) is 1. The molecule has 1 aromatic carbocycles. The molecule has 0 unspecified atom stereocenters. The fourth-order valence-corrected chi connectivity index (χ4v) is 2.32. The lowest BCUT2D eigenvalue weighted by molar-refractivity contribution is -0.120. The molecule has 0 atom stereocenters. The van der Waals surface area contributed by atoms with Crippen molar-refractivity contribution in [2.24, 2.45) is 0 Å². The van der Waals surface area contributed by atoms with Gasteiger partial charge in [-0.3, -0.25) is 4.79 Å². The van der Waals surface area contributed by atoms with Gasteiger partial charge in [-0.1, -0.05) is 36.9 Å². The summed E-state index contributed by atoms with van der Waals surface area (Å²) < 4.78 is 1.63. The molecule has 0 radical (unpaired) electrons. The molecule has 1 amide bonds. The van der Waals surface area contributed by atoms with Crippen molar-refractivity contribution in [3.05, 3.63) is 30.3 Å². The van der Waals surface area contributed by atoms with Crippen LogP contribution in [0, 0.1) is 0 Å². The fraction of sp³-hybridized carbons (Fsp3) is 0.429. The minimum atomic E-state index is -0.191. The van der Waals surface area contributed by atoms with Gasteiger partial charge < -0.3 is 5.32 Å². The van der Waals surface area contributed by atoms with Crippen LogP contribution in [0.3, 0.4) is 0 Å². The van der Waals surface area contributed by atoms with Crippen molar-refractivity contribution in [1.29, 1.82) is 0 Å². The number of tetrazole rings is 1. The lowest BCUT2D eigenvalue weighted by Crippen LogP contribution is -2.43. The first-order chi connectivity index (χ1) is 10.0. The molecule has 0 saturated carbocycles. The molecule has 0 saturated heterocycles. The van der Waals surface area contributed by atoms with E-state index >= 15 is 0 Å². The predicted molar refractivity (Wildman–Crippen MR) is 82.4 cm³/mol. The Kier molecular flexibility index (Phi) is 4.95. The summed E-state index contributed by atoms with van der Waals surface area (Å²) in [6, 6.07) is 9.60. The monoisotopic (exact) mass is 305 g/mol. The van der Waals surface area contributed by atoms with Gasteiger partial charge in [-0.05, 0) is 42.8 Å². The summed E-state index contributed by atoms with van der Waals surface area (Å²) in [6.45, 7) is 6.05. The van der Waals surface area contributed by atoms with E-state index in [-0.39, 0.29) is 17.2 Å². The van der Waals surface area contributed by atoms with E-state index in [2.05, 4.69) is 20.8 Å². The maximum absolute atomic E-state index is 12.0. The Bertz CT molecular complexity index is 596. The summed E-state index contributed by atoms with van der Waals surface area (Å²) in [5.74, 6) is 0.269. The third-order valence-electron chi connectivity index (χ3n) is 3.14. The van der Waals surface area contributed by atoms with Crippen molar-refractivity contribution >= 4 is 17.7 Å². The van der Waals surface area contributed by atoms with Crippen molar-refractivity contribution in [2.75, 3.05) is 5.75 Å². The number of nitrogens with one attached hydrogen (secondary N) is 1. The molecule has 1 aromatic heterocycles. The number of rotatable bonds is 6. The Labute approximate surface area is 128 Å². The van der Waals surface area contributed by atoms with E-state index in [1.54, 1.807) is 4.68 Å². The number of carbonyl (C=O) groups is 1. The van der Waals surface area contributed by atoms with Gasteiger partial charge in [0.1, 0.15) is 0 Å². The van der Waals surface area contributed by atoms with Gasteiger partial charge in [-0.2, -0.15) is 4.68 Å². The summed E-state index contributed by atoms with van der Waals surface area (Å²) in [5.41, 5.74) is 0.683. The highest BCUT2D eigenvalue weighted by Gasteiger charge is 2.18. The molecular formula is C14H19N5OS. The molecule has 0 bridgehead atoms. The van der Waals surface area contributed by atoms with Gasteiger partial charge in [0, 0.05) is 5.54 Å². The quantitative estimate of drug-likeness (QED) is 0.827. The van der Waals surface area contributed by atoms with Gasteiger partial charge in [-0.25, -0.2) is 0 Å². The molecule has 21 heavy (non-hydrogen) atoms. The first kappa shape index (κ1) is 15.5. The minimum Gasteiger partial charge on any atom is -0.351 e. The maximum atomic E-state index is 12.0. The fourth-order valence-electron chi connectivity index (χ4n) is 1.63. The minimum absolute atomic E-state index is 0.0190. The topological polar surface area (TPSA) is 72.7 Å². The van der Waals surface area contributed by atoms with Crippen LogP contribution in [0.5, 0.6) is 0 Å². The Morgan fingerprint density at radius 1 is 1.33 bits per heavy atom. The third kappa shape index (κ3) is 4.29. The first-order valence-corrected chi connectivity index (χ1v) is 7.78. The van der Waals surface area contributed by atoms with Crippen LogP contribution in [0.25, 0.3) is 5.69 Å². The van der Waals surface area contributed by atoms with Crippen LogP contribution in [0.1, 0.15) is 27.2 Å². The van der Waals surface area contributed by atoms with E-state index in [9.17, 15) is 4.79 Å². The van der Waals surface area contributed by atoms with Gasteiger partial charge in [0.25, 0.3) is 0 Å². The third-order valence-corrected chi connectivity index (χ3v) is 4.06. The van der Waals surface area contributed by atoms with Crippen LogP contribution < -0.4 is 5.32 Å². The molecule has 7 heteroatoms. The average molecular weight is 305 g/mol. The SMILES string of the molecule is CCC(C)(C)NC(=O)CSc1nnnn1-c1ccccc1. The van der Waals surface area contributed by atoms with Crippen molar-refractivity contribution in [1.82, 2.24) is 25.5 Å². The molecule has 1 N–H and O–H groups in total. The van der Waals surface area contributed by atoms with E-state index < -0.39 is 0 Å². The molecule has 112 valence electrons. The largest absolute Gasteiger partial charge is 0.351 e. The van der Waals surface area contributed by atoms with Crippen LogP contribution in [0.15, 0.2) is 35.5 Å². The zero-order chi connectivity index (χ0) is 15.3. The first-order valence-electron chi connectivity index (χ1n) is 6.79. The second kappa shape index (κ2) is 6.71. The zero-order valence-electron chi connectivity index (χ0n) is 12.4. The molecule has 0 aliphatic rings. The van der Waals surface area contributed by atoms with E-state index in [4.69, 9.17) is 0 Å². The van der Waals surface area contributed by atoms with Gasteiger partial charge in [0.15, 0.2) is 0 Å². The summed E-state index contributed by atoms with van der Waals surface area (Å²) in [6.07, 6.45) is 0.880. The number of para-hydroxylation sites is 1. The van der Waals surface area contributed by atoms with Crippen LogP contribution in [-0.2, 0) is 4.79 Å². The molecular weight excluding hydrogens is 286 g/mol. The number of thioether (sulfide) groups is 1. The zero-order valence-corrected chi connectivity index (χ0v) is 13.2. The number of hydrogen-bond acceptors (Lipinski definition) is 5. The van der Waals surface area contributed by atoms with Crippen LogP contribution in [0.4, 0.5) is 0 Å².